The third-order valence-corrected chi connectivity index (χ3v) is 10.9. The first kappa shape index (κ1) is 32.7. The van der Waals surface area contributed by atoms with E-state index in [0.29, 0.717) is 11.5 Å². The number of hydrogen-bond donors (Lipinski definition) is 0. The lowest BCUT2D eigenvalue weighted by Gasteiger charge is -2.26. The number of oxazole rings is 1. The van der Waals surface area contributed by atoms with Crippen LogP contribution in [-0.4, -0.2) is 4.98 Å². The van der Waals surface area contributed by atoms with Crippen LogP contribution in [0.3, 0.4) is 0 Å². The SMILES string of the molecule is c1ccc(-c2cccc(N(c3ccc(-c4cccc5ccccc45)cc3)c3ccc(-c4cccc5oc6cc7oc(-c8ccccc8)nc7cc6c45)cc3)c2)cc1. The minimum Gasteiger partial charge on any atom is -0.456 e. The second-order valence-electron chi connectivity index (χ2n) is 14.4. The Morgan fingerprint density at radius 1 is 0.351 bits per heavy atom. The maximum atomic E-state index is 6.43. The molecule has 0 atom stereocenters. The molecule has 0 aliphatic rings. The number of anilines is 3. The van der Waals surface area contributed by atoms with E-state index in [1.807, 2.05) is 42.5 Å². The average molecular weight is 731 g/mol. The van der Waals surface area contributed by atoms with Crippen molar-refractivity contribution >= 4 is 60.9 Å². The summed E-state index contributed by atoms with van der Waals surface area (Å²) in [6.45, 7) is 0. The van der Waals surface area contributed by atoms with Gasteiger partial charge in [0.1, 0.15) is 16.7 Å². The van der Waals surface area contributed by atoms with Crippen molar-refractivity contribution in [3.8, 4) is 44.8 Å². The molecule has 0 aliphatic heterocycles. The van der Waals surface area contributed by atoms with Crippen LogP contribution in [0.2, 0.25) is 0 Å². The zero-order valence-corrected chi connectivity index (χ0v) is 30.8. The summed E-state index contributed by atoms with van der Waals surface area (Å²) < 4.78 is 12.6. The number of aromatic nitrogens is 1. The Balaban J connectivity index is 1.00. The van der Waals surface area contributed by atoms with E-state index in [-0.39, 0.29) is 0 Å². The van der Waals surface area contributed by atoms with E-state index in [9.17, 15) is 0 Å². The minimum atomic E-state index is 0.598. The lowest BCUT2D eigenvalue weighted by Crippen LogP contribution is -2.10. The molecular weight excluding hydrogens is 697 g/mol. The first-order chi connectivity index (χ1) is 28.2. The van der Waals surface area contributed by atoms with Crippen molar-refractivity contribution in [3.63, 3.8) is 0 Å². The van der Waals surface area contributed by atoms with Crippen molar-refractivity contribution in [2.45, 2.75) is 0 Å². The summed E-state index contributed by atoms with van der Waals surface area (Å²) in [6.07, 6.45) is 0. The van der Waals surface area contributed by atoms with Gasteiger partial charge in [-0.1, -0.05) is 140 Å². The molecule has 4 heteroatoms. The van der Waals surface area contributed by atoms with Gasteiger partial charge < -0.3 is 13.7 Å². The van der Waals surface area contributed by atoms with Crippen LogP contribution in [0.25, 0.3) is 88.6 Å². The highest BCUT2D eigenvalue weighted by molar-refractivity contribution is 6.15. The maximum absolute atomic E-state index is 6.43. The van der Waals surface area contributed by atoms with E-state index in [2.05, 4.69) is 169 Å². The van der Waals surface area contributed by atoms with Gasteiger partial charge in [0.15, 0.2) is 5.58 Å². The summed E-state index contributed by atoms with van der Waals surface area (Å²) in [7, 11) is 0. The van der Waals surface area contributed by atoms with E-state index >= 15 is 0 Å². The zero-order valence-electron chi connectivity index (χ0n) is 30.8. The molecule has 2 heterocycles. The number of nitrogens with zero attached hydrogens (tertiary/aromatic N) is 2. The molecule has 2 aromatic heterocycles. The van der Waals surface area contributed by atoms with Crippen molar-refractivity contribution in [2.24, 2.45) is 0 Å². The molecule has 0 saturated carbocycles. The third kappa shape index (κ3) is 5.83. The van der Waals surface area contributed by atoms with Gasteiger partial charge in [0.2, 0.25) is 5.89 Å². The Labute approximate surface area is 329 Å². The van der Waals surface area contributed by atoms with E-state index in [1.54, 1.807) is 0 Å². The van der Waals surface area contributed by atoms with Crippen molar-refractivity contribution in [1.29, 1.82) is 0 Å². The van der Waals surface area contributed by atoms with Gasteiger partial charge in [0.25, 0.3) is 0 Å². The van der Waals surface area contributed by atoms with E-state index in [1.165, 1.54) is 27.5 Å². The quantitative estimate of drug-likeness (QED) is 0.164. The minimum absolute atomic E-state index is 0.598. The second kappa shape index (κ2) is 13.6. The van der Waals surface area contributed by atoms with Crippen LogP contribution in [0.4, 0.5) is 17.1 Å². The van der Waals surface area contributed by atoms with Crippen molar-refractivity contribution < 1.29 is 8.83 Å². The Hall–Kier alpha value is -7.69. The molecule has 0 unspecified atom stereocenters. The average Bonchev–Trinajstić information content (AvgIpc) is 3.87. The van der Waals surface area contributed by atoms with Crippen LogP contribution in [0.5, 0.6) is 0 Å². The van der Waals surface area contributed by atoms with Crippen molar-refractivity contribution in [1.82, 2.24) is 4.98 Å². The fourth-order valence-corrected chi connectivity index (χ4v) is 8.15. The molecule has 0 amide bonds. The highest BCUT2D eigenvalue weighted by Crippen LogP contribution is 2.42. The van der Waals surface area contributed by atoms with Crippen molar-refractivity contribution in [2.75, 3.05) is 4.90 Å². The van der Waals surface area contributed by atoms with E-state index < -0.39 is 0 Å². The maximum Gasteiger partial charge on any atom is 0.227 e. The van der Waals surface area contributed by atoms with Gasteiger partial charge in [-0.25, -0.2) is 4.98 Å². The fourth-order valence-electron chi connectivity index (χ4n) is 8.15. The summed E-state index contributed by atoms with van der Waals surface area (Å²) in [6, 6.07) is 72.5. The second-order valence-corrected chi connectivity index (χ2v) is 14.4. The number of furan rings is 1. The van der Waals surface area contributed by atoms with Crippen LogP contribution in [0.1, 0.15) is 0 Å². The van der Waals surface area contributed by atoms with Crippen LogP contribution in [-0.2, 0) is 0 Å². The Morgan fingerprint density at radius 3 is 1.74 bits per heavy atom. The van der Waals surface area contributed by atoms with Gasteiger partial charge in [-0.3, -0.25) is 0 Å². The Bertz CT molecular complexity index is 3210. The molecule has 11 aromatic rings. The van der Waals surface area contributed by atoms with Gasteiger partial charge in [-0.05, 0) is 105 Å². The van der Waals surface area contributed by atoms with Crippen molar-refractivity contribution in [3.05, 3.63) is 206 Å². The lowest BCUT2D eigenvalue weighted by atomic mass is 9.97. The van der Waals surface area contributed by atoms with Crippen LogP contribution in [0.15, 0.2) is 215 Å². The molecule has 9 aromatic carbocycles. The van der Waals surface area contributed by atoms with Gasteiger partial charge in [-0.2, -0.15) is 0 Å². The van der Waals surface area contributed by atoms with Crippen LogP contribution >= 0.6 is 0 Å². The molecule has 0 radical (unpaired) electrons. The summed E-state index contributed by atoms with van der Waals surface area (Å²) >= 11 is 0. The fraction of sp³-hybridized carbons (Fsp3) is 0. The zero-order chi connectivity index (χ0) is 37.7. The Morgan fingerprint density at radius 2 is 0.965 bits per heavy atom. The molecule has 0 aliphatic carbocycles. The molecular formula is C53H34N2O2. The number of rotatable bonds is 7. The van der Waals surface area contributed by atoms with E-state index in [0.717, 1.165) is 66.8 Å². The predicted molar refractivity (Wildman–Crippen MR) is 235 cm³/mol. The first-order valence-electron chi connectivity index (χ1n) is 19.2. The largest absolute Gasteiger partial charge is 0.456 e. The molecule has 11 rings (SSSR count). The standard InChI is InChI=1S/C53H34N2O2/c1-3-12-35(13-4-1)40-18-9-19-43(32-40)55(41-28-24-37(25-29-41)45-21-10-17-36-14-7-8-20-44(36)45)42-30-26-38(27-31-42)46-22-11-23-49-52(46)47-33-48-51(34-50(47)56-49)57-53(54-48)39-15-5-2-6-16-39/h1-34H. The molecule has 268 valence electrons. The number of benzene rings is 9. The summed E-state index contributed by atoms with van der Waals surface area (Å²) in [5.74, 6) is 0.598. The summed E-state index contributed by atoms with van der Waals surface area (Å²) in [4.78, 5) is 7.19. The third-order valence-electron chi connectivity index (χ3n) is 10.9. The number of hydrogen-bond acceptors (Lipinski definition) is 4. The molecule has 0 bridgehead atoms. The molecule has 4 nitrogen and oxygen atoms in total. The van der Waals surface area contributed by atoms with Crippen LogP contribution in [0, 0.1) is 0 Å². The molecule has 0 spiro atoms. The van der Waals surface area contributed by atoms with Gasteiger partial charge in [0, 0.05) is 39.5 Å². The number of fused-ring (bicyclic) bond motifs is 5. The molecule has 0 fully saturated rings. The lowest BCUT2D eigenvalue weighted by molar-refractivity contribution is 0.617. The van der Waals surface area contributed by atoms with Gasteiger partial charge >= 0.3 is 0 Å². The van der Waals surface area contributed by atoms with Crippen LogP contribution < -0.4 is 4.90 Å². The summed E-state index contributed by atoms with van der Waals surface area (Å²) in [5, 5.41) is 4.55. The van der Waals surface area contributed by atoms with E-state index in [4.69, 9.17) is 13.8 Å². The monoisotopic (exact) mass is 730 g/mol. The predicted octanol–water partition coefficient (Wildman–Crippen LogP) is 15.0. The highest BCUT2D eigenvalue weighted by Gasteiger charge is 2.19. The topological polar surface area (TPSA) is 42.4 Å². The Kier molecular flexibility index (Phi) is 7.78. The normalized spacial score (nSPS) is 11.5. The first-order valence-corrected chi connectivity index (χ1v) is 19.2. The summed E-state index contributed by atoms with van der Waals surface area (Å²) in [5.41, 5.74) is 14.2. The highest BCUT2D eigenvalue weighted by atomic mass is 16.4. The van der Waals surface area contributed by atoms with Gasteiger partial charge in [0.05, 0.1) is 0 Å². The molecule has 0 saturated heterocycles. The van der Waals surface area contributed by atoms with Gasteiger partial charge in [-0.15, -0.1) is 0 Å². The smallest absolute Gasteiger partial charge is 0.227 e. The molecule has 57 heavy (non-hydrogen) atoms. The molecule has 0 N–H and O–H groups in total.